The highest BCUT2D eigenvalue weighted by Gasteiger charge is 2.09. The van der Waals surface area contributed by atoms with Crippen LogP contribution in [0.2, 0.25) is 0 Å². The Hall–Kier alpha value is -2.40. The molecule has 102 valence electrons. The first kappa shape index (κ1) is 12.6. The fourth-order valence-electron chi connectivity index (χ4n) is 2.20. The molecule has 0 amide bonds. The van der Waals surface area contributed by atoms with Gasteiger partial charge in [0, 0.05) is 18.4 Å². The van der Waals surface area contributed by atoms with E-state index in [1.165, 1.54) is 0 Å². The maximum absolute atomic E-state index is 5.48. The molecule has 5 nitrogen and oxygen atoms in total. The predicted octanol–water partition coefficient (Wildman–Crippen LogP) is 2.07. The van der Waals surface area contributed by atoms with Crippen molar-refractivity contribution in [1.29, 1.82) is 0 Å². The third-order valence-electron chi connectivity index (χ3n) is 3.07. The molecule has 0 fully saturated rings. The number of benzene rings is 1. The smallest absolute Gasteiger partial charge is 0.164 e. The molecule has 3 aromatic rings. The Bertz CT molecular complexity index is 718. The van der Waals surface area contributed by atoms with Crippen LogP contribution in [0.25, 0.3) is 16.9 Å². The van der Waals surface area contributed by atoms with Crippen molar-refractivity contribution in [3.8, 4) is 11.4 Å². The Morgan fingerprint density at radius 2 is 2.00 bits per heavy atom. The van der Waals surface area contributed by atoms with E-state index >= 15 is 0 Å². The van der Waals surface area contributed by atoms with Crippen molar-refractivity contribution in [2.24, 2.45) is 5.73 Å². The highest BCUT2D eigenvalue weighted by Crippen LogP contribution is 2.21. The van der Waals surface area contributed by atoms with Gasteiger partial charge in [-0.15, -0.1) is 0 Å². The molecule has 2 N–H and O–H groups in total. The van der Waals surface area contributed by atoms with Crippen LogP contribution in [0.1, 0.15) is 5.82 Å². The second kappa shape index (κ2) is 5.30. The van der Waals surface area contributed by atoms with Crippen LogP contribution in [-0.2, 0) is 0 Å². The van der Waals surface area contributed by atoms with Gasteiger partial charge in [0.1, 0.15) is 23.7 Å². The lowest BCUT2D eigenvalue weighted by molar-refractivity contribution is 0.328. The number of aromatic nitrogens is 3. The number of imidazole rings is 1. The van der Waals surface area contributed by atoms with Crippen molar-refractivity contribution in [3.63, 3.8) is 0 Å². The number of ether oxygens (including phenoxy) is 1. The van der Waals surface area contributed by atoms with Crippen LogP contribution >= 0.6 is 0 Å². The van der Waals surface area contributed by atoms with Crippen molar-refractivity contribution in [2.45, 2.75) is 6.92 Å². The summed E-state index contributed by atoms with van der Waals surface area (Å²) in [5.74, 6) is 1.73. The van der Waals surface area contributed by atoms with Crippen molar-refractivity contribution in [3.05, 3.63) is 48.4 Å². The number of nitrogens with two attached hydrogens (primary N) is 1. The van der Waals surface area contributed by atoms with E-state index in [0.717, 1.165) is 28.4 Å². The van der Waals surface area contributed by atoms with Gasteiger partial charge >= 0.3 is 0 Å². The number of aryl methyl sites for hydroxylation is 1. The second-order valence-electron chi connectivity index (χ2n) is 4.47. The van der Waals surface area contributed by atoms with Gasteiger partial charge in [0.05, 0.1) is 0 Å². The molecule has 5 heteroatoms. The Labute approximate surface area is 117 Å². The van der Waals surface area contributed by atoms with Gasteiger partial charge in [-0.1, -0.05) is 0 Å². The van der Waals surface area contributed by atoms with Crippen molar-refractivity contribution < 1.29 is 4.74 Å². The van der Waals surface area contributed by atoms with Gasteiger partial charge in [0.2, 0.25) is 0 Å². The van der Waals surface area contributed by atoms with Gasteiger partial charge in [0.15, 0.2) is 5.65 Å². The molecule has 20 heavy (non-hydrogen) atoms. The Morgan fingerprint density at radius 3 is 2.75 bits per heavy atom. The summed E-state index contributed by atoms with van der Waals surface area (Å²) in [6, 6.07) is 11.7. The fourth-order valence-corrected chi connectivity index (χ4v) is 2.20. The lowest BCUT2D eigenvalue weighted by Crippen LogP contribution is -2.10. The van der Waals surface area contributed by atoms with E-state index in [4.69, 9.17) is 10.5 Å². The summed E-state index contributed by atoms with van der Waals surface area (Å²) in [7, 11) is 0. The molecule has 0 aliphatic carbocycles. The van der Waals surface area contributed by atoms with Crippen LogP contribution < -0.4 is 10.5 Å². The normalized spacial score (nSPS) is 10.9. The van der Waals surface area contributed by atoms with Gasteiger partial charge in [-0.25, -0.2) is 9.97 Å². The third kappa shape index (κ3) is 2.23. The Kier molecular flexibility index (Phi) is 3.35. The van der Waals surface area contributed by atoms with Crippen molar-refractivity contribution in [2.75, 3.05) is 13.2 Å². The molecule has 1 aromatic carbocycles. The third-order valence-corrected chi connectivity index (χ3v) is 3.07. The molecule has 2 heterocycles. The largest absolute Gasteiger partial charge is 0.492 e. The van der Waals surface area contributed by atoms with E-state index in [2.05, 4.69) is 9.97 Å². The molecule has 2 aromatic heterocycles. The molecule has 0 spiro atoms. The standard InChI is InChI=1S/C15H16N4O/c1-11-18-14-3-2-9-17-15(14)19(11)12-4-6-13(7-5-12)20-10-8-16/h2-7,9H,8,10,16H2,1H3. The molecular formula is C15H16N4O. The van der Waals surface area contributed by atoms with E-state index in [0.29, 0.717) is 13.2 Å². The summed E-state index contributed by atoms with van der Waals surface area (Å²) in [6.07, 6.45) is 1.78. The summed E-state index contributed by atoms with van der Waals surface area (Å²) in [5.41, 5.74) is 8.20. The van der Waals surface area contributed by atoms with Crippen LogP contribution in [-0.4, -0.2) is 27.7 Å². The van der Waals surface area contributed by atoms with E-state index in [1.54, 1.807) is 6.20 Å². The average Bonchev–Trinajstić information content (AvgIpc) is 2.81. The number of nitrogens with zero attached hydrogens (tertiary/aromatic N) is 3. The minimum absolute atomic E-state index is 0.511. The second-order valence-corrected chi connectivity index (χ2v) is 4.47. The van der Waals surface area contributed by atoms with E-state index in [1.807, 2.05) is 47.9 Å². The maximum atomic E-state index is 5.48. The van der Waals surface area contributed by atoms with Gasteiger partial charge in [0.25, 0.3) is 0 Å². The van der Waals surface area contributed by atoms with Crippen LogP contribution in [0.15, 0.2) is 42.6 Å². The fraction of sp³-hybridized carbons (Fsp3) is 0.200. The first-order valence-corrected chi connectivity index (χ1v) is 6.53. The summed E-state index contributed by atoms with van der Waals surface area (Å²) < 4.78 is 7.51. The number of pyridine rings is 1. The first-order valence-electron chi connectivity index (χ1n) is 6.53. The molecule has 0 unspecified atom stereocenters. The van der Waals surface area contributed by atoms with Crippen LogP contribution in [0.3, 0.4) is 0 Å². The number of rotatable bonds is 4. The van der Waals surface area contributed by atoms with Crippen LogP contribution in [0.4, 0.5) is 0 Å². The molecule has 0 saturated carbocycles. The quantitative estimate of drug-likeness (QED) is 0.786. The zero-order valence-electron chi connectivity index (χ0n) is 11.3. The van der Waals surface area contributed by atoms with E-state index < -0.39 is 0 Å². The highest BCUT2D eigenvalue weighted by atomic mass is 16.5. The van der Waals surface area contributed by atoms with Gasteiger partial charge in [-0.2, -0.15) is 0 Å². The van der Waals surface area contributed by atoms with E-state index in [9.17, 15) is 0 Å². The van der Waals surface area contributed by atoms with Crippen molar-refractivity contribution >= 4 is 11.2 Å². The molecule has 0 bridgehead atoms. The summed E-state index contributed by atoms with van der Waals surface area (Å²) >= 11 is 0. The highest BCUT2D eigenvalue weighted by molar-refractivity contribution is 5.73. The predicted molar refractivity (Wildman–Crippen MR) is 78.2 cm³/mol. The molecule has 0 aliphatic rings. The lowest BCUT2D eigenvalue weighted by Gasteiger charge is -2.08. The summed E-state index contributed by atoms with van der Waals surface area (Å²) in [5, 5.41) is 0. The number of hydrogen-bond acceptors (Lipinski definition) is 4. The number of hydrogen-bond donors (Lipinski definition) is 1. The Morgan fingerprint density at radius 1 is 1.20 bits per heavy atom. The van der Waals surface area contributed by atoms with Crippen LogP contribution in [0, 0.1) is 6.92 Å². The van der Waals surface area contributed by atoms with Crippen LogP contribution in [0.5, 0.6) is 5.75 Å². The van der Waals surface area contributed by atoms with Crippen molar-refractivity contribution in [1.82, 2.24) is 14.5 Å². The average molecular weight is 268 g/mol. The summed E-state index contributed by atoms with van der Waals surface area (Å²) in [6.45, 7) is 3.01. The molecular weight excluding hydrogens is 252 g/mol. The Balaban J connectivity index is 2.00. The maximum Gasteiger partial charge on any atom is 0.164 e. The zero-order chi connectivity index (χ0) is 13.9. The molecule has 3 rings (SSSR count). The molecule has 0 radical (unpaired) electrons. The minimum Gasteiger partial charge on any atom is -0.492 e. The zero-order valence-corrected chi connectivity index (χ0v) is 11.3. The monoisotopic (exact) mass is 268 g/mol. The molecule has 0 aliphatic heterocycles. The minimum atomic E-state index is 0.511. The summed E-state index contributed by atoms with van der Waals surface area (Å²) in [4.78, 5) is 8.92. The first-order chi connectivity index (χ1) is 9.79. The SMILES string of the molecule is Cc1nc2cccnc2n1-c1ccc(OCCN)cc1. The van der Waals surface area contributed by atoms with E-state index in [-0.39, 0.29) is 0 Å². The lowest BCUT2D eigenvalue weighted by atomic mass is 10.3. The van der Waals surface area contributed by atoms with Gasteiger partial charge < -0.3 is 10.5 Å². The van der Waals surface area contributed by atoms with Gasteiger partial charge in [-0.3, -0.25) is 4.57 Å². The topological polar surface area (TPSA) is 66.0 Å². The number of fused-ring (bicyclic) bond motifs is 1. The molecule has 0 atom stereocenters. The molecule has 0 saturated heterocycles. The van der Waals surface area contributed by atoms with Gasteiger partial charge in [-0.05, 0) is 43.3 Å².